The molecule has 1 aromatic carbocycles. The monoisotopic (exact) mass is 606 g/mol. The van der Waals surface area contributed by atoms with Gasteiger partial charge in [0.25, 0.3) is 0 Å². The van der Waals surface area contributed by atoms with Crippen LogP contribution >= 0.6 is 0 Å². The standard InChI is InChI=1S/C35H50N4O5/c1-10-15-36-21(4)30(40)26(16-20(2)3)37-31(41)29-27-25(35(27,8)9)19-39(29)32(42)28(38-33(43)44-34(5,6)7)24-17-22-13-11-12-14-23(22)18-24/h10-14,20,24-29,36H,1,4,15-19H2,2-3,5-9H3,(H,37,41)(H,38,43)/t25-,26?,27-,28+,29+/m1/s1. The third kappa shape index (κ3) is 7.19. The van der Waals surface area contributed by atoms with Gasteiger partial charge in [-0.05, 0) is 80.2 Å². The molecule has 3 aliphatic rings. The number of carbonyl (C=O) groups is 4. The zero-order chi connectivity index (χ0) is 32.6. The van der Waals surface area contributed by atoms with Gasteiger partial charge in [-0.15, -0.1) is 6.58 Å². The maximum Gasteiger partial charge on any atom is 0.408 e. The fraction of sp³-hybridized carbons (Fsp3) is 0.600. The quantitative estimate of drug-likeness (QED) is 0.243. The highest BCUT2D eigenvalue weighted by Gasteiger charge is 2.69. The Morgan fingerprint density at radius 2 is 1.70 bits per heavy atom. The fourth-order valence-corrected chi connectivity index (χ4v) is 7.09. The van der Waals surface area contributed by atoms with Crippen molar-refractivity contribution in [2.45, 2.75) is 91.5 Å². The van der Waals surface area contributed by atoms with Gasteiger partial charge in [-0.25, -0.2) is 4.79 Å². The molecule has 2 aliphatic carbocycles. The molecule has 0 aromatic heterocycles. The van der Waals surface area contributed by atoms with Crippen LogP contribution in [0.15, 0.2) is 49.2 Å². The highest BCUT2D eigenvalue weighted by molar-refractivity contribution is 6.02. The average molecular weight is 607 g/mol. The number of piperidine rings is 1. The van der Waals surface area contributed by atoms with Crippen molar-refractivity contribution in [2.24, 2.45) is 29.1 Å². The SMILES string of the molecule is C=CCNC(=C)C(=O)C(CC(C)C)NC(=O)[C@@H]1[C@H]2[C@@H](CN1C(=O)[C@@H](NC(=O)OC(C)(C)C)C1Cc3ccccc3C1)C2(C)C. The number of amides is 3. The Bertz CT molecular complexity index is 1290. The lowest BCUT2D eigenvalue weighted by molar-refractivity contribution is -0.143. The summed E-state index contributed by atoms with van der Waals surface area (Å²) >= 11 is 0. The molecule has 1 heterocycles. The van der Waals surface area contributed by atoms with Gasteiger partial charge in [0.05, 0.1) is 11.7 Å². The number of fused-ring (bicyclic) bond motifs is 2. The van der Waals surface area contributed by atoms with E-state index in [0.717, 1.165) is 11.1 Å². The second-order valence-electron chi connectivity index (χ2n) is 14.7. The largest absolute Gasteiger partial charge is 0.444 e. The lowest BCUT2D eigenvalue weighted by Gasteiger charge is -2.35. The Morgan fingerprint density at radius 1 is 1.09 bits per heavy atom. The van der Waals surface area contributed by atoms with Crippen LogP contribution < -0.4 is 16.0 Å². The Hall–Kier alpha value is -3.62. The summed E-state index contributed by atoms with van der Waals surface area (Å²) in [4.78, 5) is 56.6. The van der Waals surface area contributed by atoms with E-state index < -0.39 is 29.8 Å². The number of rotatable bonds is 12. The predicted molar refractivity (Wildman–Crippen MR) is 170 cm³/mol. The van der Waals surface area contributed by atoms with Crippen LogP contribution in [0.2, 0.25) is 0 Å². The van der Waals surface area contributed by atoms with Crippen molar-refractivity contribution in [1.82, 2.24) is 20.9 Å². The Balaban J connectivity index is 1.60. The first-order valence-electron chi connectivity index (χ1n) is 15.8. The number of carbonyl (C=O) groups excluding carboxylic acids is 4. The van der Waals surface area contributed by atoms with Crippen LogP contribution in [0, 0.1) is 29.1 Å². The van der Waals surface area contributed by atoms with E-state index in [0.29, 0.717) is 32.4 Å². The first-order valence-corrected chi connectivity index (χ1v) is 15.8. The van der Waals surface area contributed by atoms with E-state index in [9.17, 15) is 19.2 Å². The number of alkyl carbamates (subject to hydrolysis) is 1. The molecule has 1 aliphatic heterocycles. The smallest absolute Gasteiger partial charge is 0.408 e. The number of ketones is 1. The summed E-state index contributed by atoms with van der Waals surface area (Å²) in [6.07, 6.45) is 2.68. The maximum absolute atomic E-state index is 14.5. The predicted octanol–water partition coefficient (Wildman–Crippen LogP) is 4.17. The molecule has 1 saturated heterocycles. The summed E-state index contributed by atoms with van der Waals surface area (Å²) in [7, 11) is 0. The molecule has 1 aromatic rings. The minimum absolute atomic E-state index is 0.0497. The molecule has 2 fully saturated rings. The summed E-state index contributed by atoms with van der Waals surface area (Å²) in [5.41, 5.74) is 1.66. The molecule has 1 saturated carbocycles. The van der Waals surface area contributed by atoms with Crippen molar-refractivity contribution in [3.63, 3.8) is 0 Å². The Labute approximate surface area is 262 Å². The molecule has 9 heteroatoms. The van der Waals surface area contributed by atoms with Gasteiger partial charge in [-0.3, -0.25) is 14.4 Å². The molecule has 4 rings (SSSR count). The van der Waals surface area contributed by atoms with Crippen LogP contribution in [0.5, 0.6) is 0 Å². The van der Waals surface area contributed by atoms with Gasteiger partial charge in [-0.1, -0.05) is 64.6 Å². The molecule has 0 bridgehead atoms. The number of Topliss-reactive ketones (excluding diaryl/α,β-unsaturated/α-hetero) is 1. The molecule has 9 nitrogen and oxygen atoms in total. The van der Waals surface area contributed by atoms with Gasteiger partial charge in [0.15, 0.2) is 5.78 Å². The maximum atomic E-state index is 14.5. The van der Waals surface area contributed by atoms with Gasteiger partial charge in [0.2, 0.25) is 11.8 Å². The second-order valence-corrected chi connectivity index (χ2v) is 14.7. The second kappa shape index (κ2) is 12.8. The highest BCUT2D eigenvalue weighted by Crippen LogP contribution is 2.65. The van der Waals surface area contributed by atoms with E-state index in [4.69, 9.17) is 4.74 Å². The van der Waals surface area contributed by atoms with E-state index in [-0.39, 0.29) is 52.4 Å². The van der Waals surface area contributed by atoms with Crippen LogP contribution in [0.1, 0.15) is 66.0 Å². The molecule has 0 radical (unpaired) electrons. The third-order valence-corrected chi connectivity index (χ3v) is 9.35. The molecule has 5 atom stereocenters. The average Bonchev–Trinajstić information content (AvgIpc) is 3.29. The summed E-state index contributed by atoms with van der Waals surface area (Å²) in [5.74, 6) is -0.882. The molecule has 0 spiro atoms. The molecule has 3 N–H and O–H groups in total. The van der Waals surface area contributed by atoms with Crippen LogP contribution in [-0.4, -0.2) is 65.4 Å². The number of hydrogen-bond acceptors (Lipinski definition) is 6. The van der Waals surface area contributed by atoms with Crippen molar-refractivity contribution in [1.29, 1.82) is 0 Å². The lowest BCUT2D eigenvalue weighted by Crippen LogP contribution is -2.59. The zero-order valence-electron chi connectivity index (χ0n) is 27.4. The summed E-state index contributed by atoms with van der Waals surface area (Å²) in [6.45, 7) is 21.9. The minimum atomic E-state index is -0.871. The number of nitrogens with zero attached hydrogens (tertiary/aromatic N) is 1. The van der Waals surface area contributed by atoms with Crippen LogP contribution in [0.3, 0.4) is 0 Å². The summed E-state index contributed by atoms with van der Waals surface area (Å²) in [6, 6.07) is 5.65. The van der Waals surface area contributed by atoms with Gasteiger partial charge >= 0.3 is 6.09 Å². The van der Waals surface area contributed by atoms with Crippen molar-refractivity contribution in [2.75, 3.05) is 13.1 Å². The first-order chi connectivity index (χ1) is 20.5. The third-order valence-electron chi connectivity index (χ3n) is 9.35. The van der Waals surface area contributed by atoms with E-state index in [1.165, 1.54) is 0 Å². The van der Waals surface area contributed by atoms with E-state index in [2.05, 4.69) is 55.1 Å². The highest BCUT2D eigenvalue weighted by atomic mass is 16.6. The van der Waals surface area contributed by atoms with E-state index in [1.54, 1.807) is 31.7 Å². The molecule has 1 unspecified atom stereocenters. The topological polar surface area (TPSA) is 117 Å². The van der Waals surface area contributed by atoms with Crippen molar-refractivity contribution in [3.05, 3.63) is 60.3 Å². The van der Waals surface area contributed by atoms with Crippen molar-refractivity contribution >= 4 is 23.7 Å². The zero-order valence-corrected chi connectivity index (χ0v) is 27.4. The van der Waals surface area contributed by atoms with Gasteiger partial charge in [0.1, 0.15) is 17.7 Å². The van der Waals surface area contributed by atoms with Crippen molar-refractivity contribution in [3.8, 4) is 0 Å². The molecular formula is C35H50N4O5. The van der Waals surface area contributed by atoms with Crippen molar-refractivity contribution < 1.29 is 23.9 Å². The van der Waals surface area contributed by atoms with Crippen LogP contribution in [0.25, 0.3) is 0 Å². The Morgan fingerprint density at radius 3 is 2.25 bits per heavy atom. The minimum Gasteiger partial charge on any atom is -0.444 e. The number of ether oxygens (including phenoxy) is 1. The number of hydrogen-bond donors (Lipinski definition) is 3. The number of nitrogens with one attached hydrogen (secondary N) is 3. The molecule has 44 heavy (non-hydrogen) atoms. The normalized spacial score (nSPS) is 23.2. The fourth-order valence-electron chi connectivity index (χ4n) is 7.09. The first kappa shape index (κ1) is 33.3. The Kier molecular flexibility index (Phi) is 9.66. The number of benzene rings is 1. The lowest BCUT2D eigenvalue weighted by atomic mass is 9.93. The van der Waals surface area contributed by atoms with Gasteiger partial charge in [0, 0.05) is 13.1 Å². The van der Waals surface area contributed by atoms with Gasteiger partial charge in [-0.2, -0.15) is 0 Å². The van der Waals surface area contributed by atoms with Crippen LogP contribution in [0.4, 0.5) is 4.79 Å². The van der Waals surface area contributed by atoms with E-state index in [1.807, 2.05) is 26.0 Å². The molecule has 240 valence electrons. The summed E-state index contributed by atoms with van der Waals surface area (Å²) in [5, 5.41) is 8.83. The molecule has 3 amide bonds. The van der Waals surface area contributed by atoms with Crippen LogP contribution in [-0.2, 0) is 32.0 Å². The summed E-state index contributed by atoms with van der Waals surface area (Å²) < 4.78 is 5.56. The van der Waals surface area contributed by atoms with Gasteiger partial charge < -0.3 is 25.6 Å². The number of likely N-dealkylation sites (tertiary alicyclic amines) is 1. The molecular weight excluding hydrogens is 556 g/mol. The van der Waals surface area contributed by atoms with E-state index >= 15 is 0 Å².